The zero-order valence-electron chi connectivity index (χ0n) is 14.4. The molecular weight excluding hydrogens is 336 g/mol. The van der Waals surface area contributed by atoms with Crippen LogP contribution in [0.5, 0.6) is 17.2 Å². The number of methoxy groups -OCH3 is 2. The largest absolute Gasteiger partial charge is 0.497 e. The fourth-order valence-electron chi connectivity index (χ4n) is 2.51. The molecule has 1 aliphatic rings. The summed E-state index contributed by atoms with van der Waals surface area (Å²) in [5, 5.41) is 11.7. The van der Waals surface area contributed by atoms with Crippen LogP contribution < -0.4 is 19.5 Å². The van der Waals surface area contributed by atoms with E-state index in [2.05, 4.69) is 10.3 Å². The number of anilines is 1. The van der Waals surface area contributed by atoms with Crippen LogP contribution >= 0.6 is 0 Å². The van der Waals surface area contributed by atoms with Gasteiger partial charge in [-0.15, -0.1) is 0 Å². The predicted octanol–water partition coefficient (Wildman–Crippen LogP) is 2.27. The second kappa shape index (κ2) is 7.61. The van der Waals surface area contributed by atoms with Gasteiger partial charge in [-0.25, -0.2) is 9.78 Å². The van der Waals surface area contributed by atoms with Crippen LogP contribution in [0.1, 0.15) is 5.69 Å². The predicted molar refractivity (Wildman–Crippen MR) is 93.5 cm³/mol. The third-order valence-electron chi connectivity index (χ3n) is 3.93. The molecule has 0 bridgehead atoms. The molecule has 0 unspecified atom stereocenters. The monoisotopic (exact) mass is 354 g/mol. The van der Waals surface area contributed by atoms with Crippen molar-refractivity contribution >= 4 is 11.7 Å². The number of rotatable bonds is 5. The maximum Gasteiger partial charge on any atom is 0.322 e. The Balaban J connectivity index is 1.54. The molecule has 1 saturated heterocycles. The minimum absolute atomic E-state index is 0.118. The van der Waals surface area contributed by atoms with Crippen LogP contribution in [-0.2, 0) is 0 Å². The highest BCUT2D eigenvalue weighted by atomic mass is 16.5. The molecule has 2 amide bonds. The summed E-state index contributed by atoms with van der Waals surface area (Å²) in [5.74, 6) is 1.73. The van der Waals surface area contributed by atoms with Gasteiger partial charge in [-0.05, 0) is 18.2 Å². The summed E-state index contributed by atoms with van der Waals surface area (Å²) in [6.45, 7) is 0.906. The number of benzene rings is 1. The number of nitrogens with one attached hydrogen (secondary N) is 1. The van der Waals surface area contributed by atoms with Crippen LogP contribution in [0.25, 0.3) is 0 Å². The highest BCUT2D eigenvalue weighted by Gasteiger charge is 2.32. The highest BCUT2D eigenvalue weighted by Crippen LogP contribution is 2.29. The molecule has 3 rings (SSSR count). The van der Waals surface area contributed by atoms with Gasteiger partial charge in [0.05, 0.1) is 33.0 Å². The molecule has 1 aromatic carbocycles. The number of pyridine rings is 1. The second-order valence-corrected chi connectivity index (χ2v) is 5.63. The average molecular weight is 354 g/mol. The minimum atomic E-state index is -0.235. The van der Waals surface area contributed by atoms with Crippen molar-refractivity contribution in [3.63, 3.8) is 0 Å². The SMILES string of the molecule is COc1ccc(NC(=O)N2CC(Oc3ccnc(C#N)c3)C2)c(OC)c1. The number of hydrogen-bond acceptors (Lipinski definition) is 6. The number of aromatic nitrogens is 1. The summed E-state index contributed by atoms with van der Waals surface area (Å²) in [5.41, 5.74) is 0.860. The van der Waals surface area contributed by atoms with Crippen molar-refractivity contribution < 1.29 is 19.0 Å². The van der Waals surface area contributed by atoms with E-state index in [1.807, 2.05) is 6.07 Å². The van der Waals surface area contributed by atoms with Gasteiger partial charge in [0.2, 0.25) is 0 Å². The molecule has 1 N–H and O–H groups in total. The van der Waals surface area contributed by atoms with Crippen LogP contribution in [0, 0.1) is 11.3 Å². The molecule has 1 fully saturated rings. The molecule has 2 aromatic rings. The molecular formula is C18H18N4O4. The topological polar surface area (TPSA) is 96.7 Å². The van der Waals surface area contributed by atoms with Gasteiger partial charge in [0.25, 0.3) is 0 Å². The smallest absolute Gasteiger partial charge is 0.322 e. The lowest BCUT2D eigenvalue weighted by atomic mass is 10.2. The quantitative estimate of drug-likeness (QED) is 0.885. The van der Waals surface area contributed by atoms with E-state index < -0.39 is 0 Å². The lowest BCUT2D eigenvalue weighted by Gasteiger charge is -2.38. The number of urea groups is 1. The Bertz CT molecular complexity index is 843. The Hall–Kier alpha value is -3.47. The third kappa shape index (κ3) is 3.78. The summed E-state index contributed by atoms with van der Waals surface area (Å²) < 4.78 is 16.2. The van der Waals surface area contributed by atoms with E-state index in [-0.39, 0.29) is 12.1 Å². The number of likely N-dealkylation sites (tertiary alicyclic amines) is 1. The van der Waals surface area contributed by atoms with Crippen molar-refractivity contribution in [3.05, 3.63) is 42.2 Å². The van der Waals surface area contributed by atoms with E-state index in [1.54, 1.807) is 42.3 Å². The Labute approximate surface area is 150 Å². The summed E-state index contributed by atoms with van der Waals surface area (Å²) in [6, 6.07) is 10.2. The zero-order chi connectivity index (χ0) is 18.5. The summed E-state index contributed by atoms with van der Waals surface area (Å²) in [6.07, 6.45) is 1.40. The first-order valence-electron chi connectivity index (χ1n) is 7.93. The molecule has 0 spiro atoms. The lowest BCUT2D eigenvalue weighted by Crippen LogP contribution is -2.57. The number of nitriles is 1. The molecule has 2 heterocycles. The number of carbonyl (C=O) groups is 1. The Morgan fingerprint density at radius 3 is 2.73 bits per heavy atom. The van der Waals surface area contributed by atoms with Crippen molar-refractivity contribution in [2.45, 2.75) is 6.10 Å². The van der Waals surface area contributed by atoms with Crippen molar-refractivity contribution in [1.82, 2.24) is 9.88 Å². The van der Waals surface area contributed by atoms with E-state index >= 15 is 0 Å². The van der Waals surface area contributed by atoms with Crippen LogP contribution in [0.3, 0.4) is 0 Å². The molecule has 0 atom stereocenters. The normalized spacial score (nSPS) is 13.3. The molecule has 1 aromatic heterocycles. The summed E-state index contributed by atoms with van der Waals surface area (Å²) in [7, 11) is 3.09. The fourth-order valence-corrected chi connectivity index (χ4v) is 2.51. The lowest BCUT2D eigenvalue weighted by molar-refractivity contribution is 0.0492. The average Bonchev–Trinajstić information content (AvgIpc) is 2.64. The number of nitrogens with zero attached hydrogens (tertiary/aromatic N) is 3. The molecule has 0 radical (unpaired) electrons. The first-order chi connectivity index (χ1) is 12.6. The van der Waals surface area contributed by atoms with Crippen molar-refractivity contribution in [1.29, 1.82) is 5.26 Å². The Morgan fingerprint density at radius 1 is 1.23 bits per heavy atom. The first-order valence-corrected chi connectivity index (χ1v) is 7.93. The van der Waals surface area contributed by atoms with Crippen LogP contribution in [0.2, 0.25) is 0 Å². The van der Waals surface area contributed by atoms with Crippen LogP contribution in [0.4, 0.5) is 10.5 Å². The summed E-state index contributed by atoms with van der Waals surface area (Å²) >= 11 is 0. The zero-order valence-corrected chi connectivity index (χ0v) is 14.4. The van der Waals surface area contributed by atoms with Crippen LogP contribution in [0.15, 0.2) is 36.5 Å². The molecule has 8 nitrogen and oxygen atoms in total. The van der Waals surface area contributed by atoms with E-state index in [9.17, 15) is 4.79 Å². The van der Waals surface area contributed by atoms with E-state index in [0.29, 0.717) is 41.7 Å². The highest BCUT2D eigenvalue weighted by molar-refractivity contribution is 5.91. The molecule has 8 heteroatoms. The van der Waals surface area contributed by atoms with Gasteiger partial charge in [-0.2, -0.15) is 5.26 Å². The maximum atomic E-state index is 12.3. The number of hydrogen-bond donors (Lipinski definition) is 1. The van der Waals surface area contributed by atoms with Gasteiger partial charge in [0.15, 0.2) is 0 Å². The van der Waals surface area contributed by atoms with Crippen molar-refractivity contribution in [2.75, 3.05) is 32.6 Å². The van der Waals surface area contributed by atoms with Gasteiger partial charge in [0, 0.05) is 18.3 Å². The maximum absolute atomic E-state index is 12.3. The van der Waals surface area contributed by atoms with Gasteiger partial charge >= 0.3 is 6.03 Å². The van der Waals surface area contributed by atoms with E-state index in [0.717, 1.165) is 0 Å². The molecule has 134 valence electrons. The molecule has 1 aliphatic heterocycles. The minimum Gasteiger partial charge on any atom is -0.497 e. The van der Waals surface area contributed by atoms with Gasteiger partial charge in [0.1, 0.15) is 35.1 Å². The standard InChI is InChI=1S/C18H18N4O4/c1-24-13-3-4-16(17(8-13)25-2)21-18(23)22-10-15(11-22)26-14-5-6-20-12(7-14)9-19/h3-8,15H,10-11H2,1-2H3,(H,21,23). The number of carbonyl (C=O) groups excluding carboxylic acids is 1. The van der Waals surface area contributed by atoms with E-state index in [4.69, 9.17) is 19.5 Å². The summed E-state index contributed by atoms with van der Waals surface area (Å²) in [4.78, 5) is 17.9. The fraction of sp³-hybridized carbons (Fsp3) is 0.278. The molecule has 0 aliphatic carbocycles. The first kappa shape index (κ1) is 17.4. The van der Waals surface area contributed by atoms with Crippen LogP contribution in [-0.4, -0.2) is 49.3 Å². The molecule has 26 heavy (non-hydrogen) atoms. The number of ether oxygens (including phenoxy) is 3. The molecule has 0 saturated carbocycles. The number of amides is 2. The van der Waals surface area contributed by atoms with Gasteiger partial charge < -0.3 is 24.4 Å². The van der Waals surface area contributed by atoms with Gasteiger partial charge in [-0.1, -0.05) is 0 Å². The van der Waals surface area contributed by atoms with Gasteiger partial charge in [-0.3, -0.25) is 0 Å². The Morgan fingerprint density at radius 2 is 2.04 bits per heavy atom. The van der Waals surface area contributed by atoms with Crippen molar-refractivity contribution in [2.24, 2.45) is 0 Å². The Kier molecular flexibility index (Phi) is 5.08. The third-order valence-corrected chi connectivity index (χ3v) is 3.93. The van der Waals surface area contributed by atoms with Crippen molar-refractivity contribution in [3.8, 4) is 23.3 Å². The van der Waals surface area contributed by atoms with E-state index in [1.165, 1.54) is 13.3 Å². The second-order valence-electron chi connectivity index (χ2n) is 5.63.